The highest BCUT2D eigenvalue weighted by Crippen LogP contribution is 2.35. The van der Waals surface area contributed by atoms with Crippen molar-refractivity contribution in [1.82, 2.24) is 4.57 Å². The fraction of sp³-hybridized carbons (Fsp3) is 0.357. The van der Waals surface area contributed by atoms with Gasteiger partial charge in [-0.05, 0) is 18.2 Å². The van der Waals surface area contributed by atoms with Gasteiger partial charge in [0.2, 0.25) is 0 Å². The maximum absolute atomic E-state index is 11.5. The van der Waals surface area contributed by atoms with E-state index < -0.39 is 5.97 Å². The van der Waals surface area contributed by atoms with Crippen LogP contribution >= 0.6 is 0 Å². The van der Waals surface area contributed by atoms with Gasteiger partial charge in [-0.2, -0.15) is 0 Å². The van der Waals surface area contributed by atoms with Crippen LogP contribution in [0, 0.1) is 0 Å². The van der Waals surface area contributed by atoms with Crippen molar-refractivity contribution in [2.45, 2.75) is 26.2 Å². The Balaban J connectivity index is 2.97. The summed E-state index contributed by atoms with van der Waals surface area (Å²) in [6.45, 7) is 5.94. The third-order valence-corrected chi connectivity index (χ3v) is 3.11. The first-order chi connectivity index (χ1) is 8.23. The van der Waals surface area contributed by atoms with Gasteiger partial charge in [-0.3, -0.25) is 0 Å². The monoisotopic (exact) mass is 247 g/mol. The number of aromatic nitrogens is 1. The van der Waals surface area contributed by atoms with Crippen molar-refractivity contribution >= 4 is 16.9 Å². The fourth-order valence-electron chi connectivity index (χ4n) is 2.53. The van der Waals surface area contributed by atoms with E-state index in [0.29, 0.717) is 5.39 Å². The lowest BCUT2D eigenvalue weighted by atomic mass is 9.88. The number of carboxylic acid groups (broad SMARTS) is 1. The predicted octanol–water partition coefficient (Wildman–Crippen LogP) is 2.88. The van der Waals surface area contributed by atoms with Gasteiger partial charge >= 0.3 is 5.97 Å². The first-order valence-corrected chi connectivity index (χ1v) is 5.78. The second-order valence-corrected chi connectivity index (χ2v) is 5.54. The molecule has 0 unspecified atom stereocenters. The Kier molecular flexibility index (Phi) is 2.61. The number of aromatic hydroxyl groups is 1. The number of aromatic carboxylic acids is 1. The molecule has 18 heavy (non-hydrogen) atoms. The Morgan fingerprint density at radius 2 is 1.89 bits per heavy atom. The highest BCUT2D eigenvalue weighted by atomic mass is 16.4. The van der Waals surface area contributed by atoms with Crippen LogP contribution in [0.15, 0.2) is 18.2 Å². The van der Waals surface area contributed by atoms with Gasteiger partial charge in [0.05, 0.1) is 5.56 Å². The van der Waals surface area contributed by atoms with E-state index in [4.69, 9.17) is 0 Å². The third-order valence-electron chi connectivity index (χ3n) is 3.11. The minimum absolute atomic E-state index is 0.0797. The van der Waals surface area contributed by atoms with Crippen molar-refractivity contribution in [1.29, 1.82) is 0 Å². The second-order valence-electron chi connectivity index (χ2n) is 5.54. The molecule has 0 aliphatic carbocycles. The molecule has 1 aromatic carbocycles. The number of rotatable bonds is 1. The average Bonchev–Trinajstić information content (AvgIpc) is 2.50. The van der Waals surface area contributed by atoms with E-state index in [-0.39, 0.29) is 16.7 Å². The van der Waals surface area contributed by atoms with Gasteiger partial charge in [0, 0.05) is 29.1 Å². The van der Waals surface area contributed by atoms with Crippen molar-refractivity contribution in [3.63, 3.8) is 0 Å². The predicted molar refractivity (Wildman–Crippen MR) is 70.2 cm³/mol. The van der Waals surface area contributed by atoms with Gasteiger partial charge < -0.3 is 14.8 Å². The van der Waals surface area contributed by atoms with E-state index in [1.54, 1.807) is 12.1 Å². The van der Waals surface area contributed by atoms with Crippen molar-refractivity contribution in [2.75, 3.05) is 0 Å². The Bertz CT molecular complexity index is 633. The number of fused-ring (bicyclic) bond motifs is 1. The van der Waals surface area contributed by atoms with E-state index in [0.717, 1.165) is 11.2 Å². The molecular weight excluding hydrogens is 230 g/mol. The summed E-state index contributed by atoms with van der Waals surface area (Å²) >= 11 is 0. The van der Waals surface area contributed by atoms with E-state index in [1.165, 1.54) is 6.07 Å². The zero-order valence-electron chi connectivity index (χ0n) is 11.0. The van der Waals surface area contributed by atoms with Gasteiger partial charge in [0.25, 0.3) is 0 Å². The summed E-state index contributed by atoms with van der Waals surface area (Å²) in [5, 5.41) is 19.6. The smallest absolute Gasteiger partial charge is 0.338 e. The van der Waals surface area contributed by atoms with Crippen molar-refractivity contribution in [3.05, 3.63) is 29.5 Å². The van der Waals surface area contributed by atoms with Gasteiger partial charge in [-0.1, -0.05) is 20.8 Å². The SMILES string of the molecule is Cn1c(C(C)(C)C)c(C(=O)O)c2cc(O)ccc21. The molecule has 4 nitrogen and oxygen atoms in total. The lowest BCUT2D eigenvalue weighted by molar-refractivity contribution is 0.0696. The summed E-state index contributed by atoms with van der Waals surface area (Å²) in [6.07, 6.45) is 0. The molecule has 2 aromatic rings. The Morgan fingerprint density at radius 3 is 2.39 bits per heavy atom. The van der Waals surface area contributed by atoms with Crippen LogP contribution in [-0.4, -0.2) is 20.7 Å². The summed E-state index contributed by atoms with van der Waals surface area (Å²) in [4.78, 5) is 11.5. The molecule has 0 amide bonds. The van der Waals surface area contributed by atoms with Crippen LogP contribution in [-0.2, 0) is 12.5 Å². The summed E-state index contributed by atoms with van der Waals surface area (Å²) in [7, 11) is 1.85. The van der Waals surface area contributed by atoms with E-state index in [2.05, 4.69) is 0 Å². The maximum atomic E-state index is 11.5. The van der Waals surface area contributed by atoms with Gasteiger partial charge in [-0.15, -0.1) is 0 Å². The fourth-order valence-corrected chi connectivity index (χ4v) is 2.53. The molecule has 0 saturated heterocycles. The maximum Gasteiger partial charge on any atom is 0.338 e. The molecule has 1 heterocycles. The summed E-state index contributed by atoms with van der Waals surface area (Å²) in [5.74, 6) is -0.882. The molecule has 0 aliphatic rings. The third kappa shape index (κ3) is 1.74. The zero-order valence-corrected chi connectivity index (χ0v) is 11.0. The highest BCUT2D eigenvalue weighted by molar-refractivity contribution is 6.05. The van der Waals surface area contributed by atoms with E-state index in [9.17, 15) is 15.0 Å². The van der Waals surface area contributed by atoms with E-state index in [1.807, 2.05) is 32.4 Å². The number of benzene rings is 1. The summed E-state index contributed by atoms with van der Waals surface area (Å²) in [5.41, 5.74) is 1.57. The number of hydrogen-bond donors (Lipinski definition) is 2. The van der Waals surface area contributed by atoms with Crippen molar-refractivity contribution in [2.24, 2.45) is 7.05 Å². The largest absolute Gasteiger partial charge is 0.508 e. The number of carboxylic acids is 1. The van der Waals surface area contributed by atoms with Crippen LogP contribution in [0.1, 0.15) is 36.8 Å². The molecule has 0 radical (unpaired) electrons. The molecule has 2 N–H and O–H groups in total. The number of carbonyl (C=O) groups is 1. The van der Waals surface area contributed by atoms with Crippen LogP contribution in [0.5, 0.6) is 5.75 Å². The van der Waals surface area contributed by atoms with Gasteiger partial charge in [0.1, 0.15) is 5.75 Å². The van der Waals surface area contributed by atoms with E-state index >= 15 is 0 Å². The molecule has 0 aliphatic heterocycles. The average molecular weight is 247 g/mol. The molecule has 0 saturated carbocycles. The van der Waals surface area contributed by atoms with Crippen LogP contribution in [0.2, 0.25) is 0 Å². The normalized spacial score (nSPS) is 12.0. The van der Waals surface area contributed by atoms with Crippen molar-refractivity contribution < 1.29 is 15.0 Å². The standard InChI is InChI=1S/C14H17NO3/c1-14(2,3)12-11(13(17)18)9-7-8(16)5-6-10(9)15(12)4/h5-7,16H,1-4H3,(H,17,18). The molecule has 0 spiro atoms. The van der Waals surface area contributed by atoms with Gasteiger partial charge in [-0.25, -0.2) is 4.79 Å². The molecule has 0 atom stereocenters. The number of hydrogen-bond acceptors (Lipinski definition) is 2. The molecule has 2 rings (SSSR count). The zero-order chi connectivity index (χ0) is 13.7. The Morgan fingerprint density at radius 1 is 1.28 bits per heavy atom. The van der Waals surface area contributed by atoms with Crippen molar-refractivity contribution in [3.8, 4) is 5.75 Å². The molecule has 0 fully saturated rings. The lowest BCUT2D eigenvalue weighted by Gasteiger charge is -2.21. The lowest BCUT2D eigenvalue weighted by Crippen LogP contribution is -2.19. The number of phenols is 1. The number of nitrogens with zero attached hydrogens (tertiary/aromatic N) is 1. The van der Waals surface area contributed by atoms with Crippen LogP contribution in [0.25, 0.3) is 10.9 Å². The minimum atomic E-state index is -0.962. The van der Waals surface area contributed by atoms with Crippen LogP contribution < -0.4 is 0 Å². The first kappa shape index (κ1) is 12.5. The highest BCUT2D eigenvalue weighted by Gasteiger charge is 2.28. The van der Waals surface area contributed by atoms with Crippen LogP contribution in [0.4, 0.5) is 0 Å². The van der Waals surface area contributed by atoms with Crippen LogP contribution in [0.3, 0.4) is 0 Å². The molecule has 96 valence electrons. The number of phenolic OH excluding ortho intramolecular Hbond substituents is 1. The second kappa shape index (κ2) is 3.77. The molecular formula is C14H17NO3. The summed E-state index contributed by atoms with van der Waals surface area (Å²) in [6, 6.07) is 4.82. The topological polar surface area (TPSA) is 62.5 Å². The summed E-state index contributed by atoms with van der Waals surface area (Å²) < 4.78 is 1.89. The molecule has 1 aromatic heterocycles. The molecule has 4 heteroatoms. The minimum Gasteiger partial charge on any atom is -0.508 e. The quantitative estimate of drug-likeness (QED) is 0.814. The Labute approximate surface area is 105 Å². The van der Waals surface area contributed by atoms with Gasteiger partial charge in [0.15, 0.2) is 0 Å². The number of aryl methyl sites for hydroxylation is 1. The first-order valence-electron chi connectivity index (χ1n) is 5.78. The Hall–Kier alpha value is -1.97. The molecule has 0 bridgehead atoms.